The van der Waals surface area contributed by atoms with Gasteiger partial charge >= 0.3 is 6.09 Å². The van der Waals surface area contributed by atoms with E-state index in [4.69, 9.17) is 4.74 Å². The van der Waals surface area contributed by atoms with Gasteiger partial charge in [0.25, 0.3) is 5.91 Å². The summed E-state index contributed by atoms with van der Waals surface area (Å²) >= 11 is 0. The Balaban J connectivity index is 0.00000450. The molecule has 1 aliphatic heterocycles. The molecule has 1 aromatic carbocycles. The molecule has 0 aromatic heterocycles. The predicted molar refractivity (Wildman–Crippen MR) is 127 cm³/mol. The quantitative estimate of drug-likeness (QED) is 0.192. The molecule has 0 unspecified atom stereocenters. The second kappa shape index (κ2) is 11.8. The van der Waals surface area contributed by atoms with Gasteiger partial charge < -0.3 is 30.7 Å². The summed E-state index contributed by atoms with van der Waals surface area (Å²) < 4.78 is 5.35. The fourth-order valence-corrected chi connectivity index (χ4v) is 2.61. The highest BCUT2D eigenvalue weighted by molar-refractivity contribution is 14.0. The zero-order valence-electron chi connectivity index (χ0n) is 17.9. The van der Waals surface area contributed by atoms with Crippen LogP contribution in [0.15, 0.2) is 29.3 Å². The molecule has 30 heavy (non-hydrogen) atoms. The summed E-state index contributed by atoms with van der Waals surface area (Å²) in [6.45, 7) is 10.1. The topological polar surface area (TPSA) is 115 Å². The second-order valence-electron chi connectivity index (χ2n) is 7.79. The molecule has 1 fully saturated rings. The van der Waals surface area contributed by atoms with Crippen molar-refractivity contribution >= 4 is 41.9 Å². The average molecular weight is 533 g/mol. The molecule has 2 rings (SSSR count). The minimum Gasteiger partial charge on any atom is -0.508 e. The third-order valence-electron chi connectivity index (χ3n) is 4.02. The largest absolute Gasteiger partial charge is 0.508 e. The zero-order valence-corrected chi connectivity index (χ0v) is 20.2. The Morgan fingerprint density at radius 2 is 1.83 bits per heavy atom. The molecule has 0 saturated carbocycles. The van der Waals surface area contributed by atoms with E-state index in [1.165, 1.54) is 12.1 Å². The number of halogens is 1. The molecule has 0 spiro atoms. The maximum absolute atomic E-state index is 12.0. The predicted octanol–water partition coefficient (Wildman–Crippen LogP) is 1.91. The molecule has 1 aromatic rings. The Morgan fingerprint density at radius 1 is 1.20 bits per heavy atom. The normalized spacial score (nSPS) is 14.3. The van der Waals surface area contributed by atoms with Crippen LogP contribution in [0.2, 0.25) is 0 Å². The molecule has 1 heterocycles. The van der Waals surface area contributed by atoms with Crippen LogP contribution < -0.4 is 16.0 Å². The second-order valence-corrected chi connectivity index (χ2v) is 7.79. The molecule has 10 heteroatoms. The highest BCUT2D eigenvalue weighted by atomic mass is 127. The molecule has 9 nitrogen and oxygen atoms in total. The van der Waals surface area contributed by atoms with Gasteiger partial charge in [0, 0.05) is 31.7 Å². The van der Waals surface area contributed by atoms with Crippen LogP contribution in [0.25, 0.3) is 0 Å². The van der Waals surface area contributed by atoms with E-state index >= 15 is 0 Å². The SMILES string of the molecule is CCNC(=NCCNC(=O)c1ccc(O)cc1)NC1CN(C(=O)OC(C)(C)C)C1.I. The van der Waals surface area contributed by atoms with E-state index in [0.717, 1.165) is 0 Å². The van der Waals surface area contributed by atoms with Crippen molar-refractivity contribution in [1.29, 1.82) is 0 Å². The molecule has 0 radical (unpaired) electrons. The van der Waals surface area contributed by atoms with Crippen LogP contribution in [0.1, 0.15) is 38.1 Å². The van der Waals surface area contributed by atoms with E-state index in [-0.39, 0.29) is 47.8 Å². The highest BCUT2D eigenvalue weighted by Crippen LogP contribution is 2.15. The number of guanidine groups is 1. The fraction of sp³-hybridized carbons (Fsp3) is 0.550. The van der Waals surface area contributed by atoms with Crippen molar-refractivity contribution in [2.24, 2.45) is 4.99 Å². The molecule has 0 bridgehead atoms. The van der Waals surface area contributed by atoms with Gasteiger partial charge in [0.1, 0.15) is 11.4 Å². The molecular weight excluding hydrogens is 501 g/mol. The van der Waals surface area contributed by atoms with Crippen LogP contribution in [0.3, 0.4) is 0 Å². The highest BCUT2D eigenvalue weighted by Gasteiger charge is 2.34. The first-order valence-electron chi connectivity index (χ1n) is 9.78. The molecule has 0 aliphatic carbocycles. The summed E-state index contributed by atoms with van der Waals surface area (Å²) in [5, 5.41) is 18.5. The number of phenolic OH excluding ortho intramolecular Hbond substituents is 1. The lowest BCUT2D eigenvalue weighted by Gasteiger charge is -2.40. The van der Waals surface area contributed by atoms with Crippen LogP contribution in [-0.4, -0.2) is 72.3 Å². The van der Waals surface area contributed by atoms with E-state index in [2.05, 4.69) is 20.9 Å². The third kappa shape index (κ3) is 8.64. The lowest BCUT2D eigenvalue weighted by Crippen LogP contribution is -2.63. The Hall–Kier alpha value is -2.24. The Bertz CT molecular complexity index is 728. The lowest BCUT2D eigenvalue weighted by atomic mass is 10.1. The van der Waals surface area contributed by atoms with Crippen LogP contribution in [-0.2, 0) is 4.74 Å². The monoisotopic (exact) mass is 533 g/mol. The van der Waals surface area contributed by atoms with Crippen molar-refractivity contribution in [2.75, 3.05) is 32.7 Å². The number of hydrogen-bond acceptors (Lipinski definition) is 5. The van der Waals surface area contributed by atoms with E-state index < -0.39 is 5.60 Å². The Kier molecular flexibility index (Phi) is 10.2. The molecule has 0 atom stereocenters. The smallest absolute Gasteiger partial charge is 0.410 e. The van der Waals surface area contributed by atoms with Gasteiger partial charge in [-0.25, -0.2) is 4.79 Å². The number of ether oxygens (including phenoxy) is 1. The summed E-state index contributed by atoms with van der Waals surface area (Å²) in [5.74, 6) is 0.541. The number of nitrogens with zero attached hydrogens (tertiary/aromatic N) is 2. The van der Waals surface area contributed by atoms with Crippen molar-refractivity contribution in [3.63, 3.8) is 0 Å². The van der Waals surface area contributed by atoms with Gasteiger partial charge in [-0.15, -0.1) is 24.0 Å². The zero-order chi connectivity index (χ0) is 21.4. The van der Waals surface area contributed by atoms with Gasteiger partial charge in [-0.1, -0.05) is 0 Å². The van der Waals surface area contributed by atoms with Gasteiger partial charge in [-0.2, -0.15) is 0 Å². The summed E-state index contributed by atoms with van der Waals surface area (Å²) in [7, 11) is 0. The first-order valence-corrected chi connectivity index (χ1v) is 9.78. The van der Waals surface area contributed by atoms with Crippen LogP contribution in [0.5, 0.6) is 5.75 Å². The van der Waals surface area contributed by atoms with Crippen molar-refractivity contribution in [3.05, 3.63) is 29.8 Å². The molecule has 168 valence electrons. The molecule has 2 amide bonds. The Labute approximate surface area is 194 Å². The summed E-state index contributed by atoms with van der Waals surface area (Å²) in [5.41, 5.74) is -0.0233. The molecule has 1 aliphatic rings. The number of amides is 2. The number of likely N-dealkylation sites (tertiary alicyclic amines) is 1. The van der Waals surface area contributed by atoms with Crippen LogP contribution in [0.4, 0.5) is 4.79 Å². The number of aromatic hydroxyl groups is 1. The fourth-order valence-electron chi connectivity index (χ4n) is 2.61. The summed E-state index contributed by atoms with van der Waals surface area (Å²) in [4.78, 5) is 30.1. The van der Waals surface area contributed by atoms with Gasteiger partial charge in [0.05, 0.1) is 12.6 Å². The number of nitrogens with one attached hydrogen (secondary N) is 3. The van der Waals surface area contributed by atoms with Crippen LogP contribution in [0, 0.1) is 0 Å². The van der Waals surface area contributed by atoms with E-state index in [1.807, 2.05) is 27.7 Å². The van der Waals surface area contributed by atoms with Crippen molar-refractivity contribution in [1.82, 2.24) is 20.9 Å². The number of aliphatic imine (C=N–C) groups is 1. The first kappa shape index (κ1) is 25.8. The maximum atomic E-state index is 12.0. The van der Waals surface area contributed by atoms with Crippen molar-refractivity contribution < 1.29 is 19.4 Å². The third-order valence-corrected chi connectivity index (χ3v) is 4.02. The number of rotatable bonds is 6. The standard InChI is InChI=1S/C20H31N5O4.HI/c1-5-21-18(24-15-12-25(13-15)19(28)29-20(2,3)4)23-11-10-22-17(27)14-6-8-16(26)9-7-14;/h6-9,15,26H,5,10-13H2,1-4H3,(H,22,27)(H2,21,23,24);1H. The summed E-state index contributed by atoms with van der Waals surface area (Å²) in [6, 6.07) is 6.17. The van der Waals surface area contributed by atoms with E-state index in [0.29, 0.717) is 44.2 Å². The number of benzene rings is 1. The number of phenols is 1. The van der Waals surface area contributed by atoms with E-state index in [9.17, 15) is 14.7 Å². The molecule has 4 N–H and O–H groups in total. The van der Waals surface area contributed by atoms with Crippen molar-refractivity contribution in [2.45, 2.75) is 39.3 Å². The first-order chi connectivity index (χ1) is 13.7. The Morgan fingerprint density at radius 3 is 2.40 bits per heavy atom. The average Bonchev–Trinajstić information content (AvgIpc) is 2.59. The molecular formula is C20H32IN5O4. The maximum Gasteiger partial charge on any atom is 0.410 e. The van der Waals surface area contributed by atoms with Crippen LogP contribution >= 0.6 is 24.0 Å². The number of carbonyl (C=O) groups excluding carboxylic acids is 2. The lowest BCUT2D eigenvalue weighted by molar-refractivity contribution is 0.00700. The van der Waals surface area contributed by atoms with Gasteiger partial charge in [-0.05, 0) is 52.0 Å². The van der Waals surface area contributed by atoms with Gasteiger partial charge in [0.2, 0.25) is 0 Å². The molecule has 1 saturated heterocycles. The summed E-state index contributed by atoms with van der Waals surface area (Å²) in [6.07, 6.45) is -0.311. The minimum atomic E-state index is -0.503. The number of hydrogen-bond donors (Lipinski definition) is 4. The van der Waals surface area contributed by atoms with Crippen molar-refractivity contribution in [3.8, 4) is 5.75 Å². The van der Waals surface area contributed by atoms with Gasteiger partial charge in [0.15, 0.2) is 5.96 Å². The number of carbonyl (C=O) groups is 2. The van der Waals surface area contributed by atoms with Gasteiger partial charge in [-0.3, -0.25) is 9.79 Å². The minimum absolute atomic E-state index is 0. The van der Waals surface area contributed by atoms with E-state index in [1.54, 1.807) is 17.0 Å².